The number of carbonyl (C=O) groups is 2. The van der Waals surface area contributed by atoms with Crippen molar-refractivity contribution in [2.45, 2.75) is 55.6 Å². The van der Waals surface area contributed by atoms with Gasteiger partial charge in [-0.05, 0) is 57.3 Å². The number of thioether (sulfide) groups is 1. The number of para-hydroxylation sites is 1. The maximum absolute atomic E-state index is 13.2. The SMILES string of the molecule is CCC1(C)SC2(CCNCC2)N(C(=O)CCc2c[nH]c3ccccc23)C1=O. The Kier molecular flexibility index (Phi) is 4.80. The third-order valence-corrected chi connectivity index (χ3v) is 7.95. The molecule has 0 radical (unpaired) electrons. The molecule has 5 nitrogen and oxygen atoms in total. The van der Waals surface area contributed by atoms with E-state index < -0.39 is 4.75 Å². The lowest BCUT2D eigenvalue weighted by Crippen LogP contribution is -2.53. The standard InChI is InChI=1S/C21H27N3O2S/c1-3-20(2)19(26)24(21(27-20)10-12-22-13-11-21)18(25)9-8-15-14-23-17-7-5-4-6-16(15)17/h4-7,14,22-23H,3,8-13H2,1-2H3. The molecule has 1 spiro atoms. The van der Waals surface area contributed by atoms with Crippen LogP contribution >= 0.6 is 11.8 Å². The van der Waals surface area contributed by atoms with Crippen molar-refractivity contribution in [1.29, 1.82) is 0 Å². The number of aromatic amines is 1. The van der Waals surface area contributed by atoms with E-state index in [0.717, 1.165) is 48.8 Å². The van der Waals surface area contributed by atoms with Gasteiger partial charge in [0, 0.05) is 23.5 Å². The molecular weight excluding hydrogens is 358 g/mol. The minimum Gasteiger partial charge on any atom is -0.361 e. The molecule has 1 aromatic carbocycles. The van der Waals surface area contributed by atoms with Crippen molar-refractivity contribution in [2.24, 2.45) is 0 Å². The molecule has 4 rings (SSSR count). The second-order valence-corrected chi connectivity index (χ2v) is 9.64. The number of fused-ring (bicyclic) bond motifs is 1. The first-order valence-corrected chi connectivity index (χ1v) is 10.6. The van der Waals surface area contributed by atoms with Gasteiger partial charge in [0.05, 0.1) is 9.62 Å². The third kappa shape index (κ3) is 3.09. The molecule has 0 bridgehead atoms. The van der Waals surface area contributed by atoms with E-state index in [1.165, 1.54) is 0 Å². The normalized spacial score (nSPS) is 24.8. The molecule has 144 valence electrons. The molecule has 2 saturated heterocycles. The number of rotatable bonds is 4. The Morgan fingerprint density at radius 2 is 2.00 bits per heavy atom. The van der Waals surface area contributed by atoms with Gasteiger partial charge in [0.1, 0.15) is 0 Å². The summed E-state index contributed by atoms with van der Waals surface area (Å²) in [6.45, 7) is 5.74. The maximum Gasteiger partial charge on any atom is 0.246 e. The Morgan fingerprint density at radius 3 is 2.74 bits per heavy atom. The summed E-state index contributed by atoms with van der Waals surface area (Å²) >= 11 is 1.72. The van der Waals surface area contributed by atoms with E-state index in [9.17, 15) is 9.59 Å². The molecule has 2 fully saturated rings. The molecular formula is C21H27N3O2S. The predicted molar refractivity (Wildman–Crippen MR) is 110 cm³/mol. The average molecular weight is 386 g/mol. The Balaban J connectivity index is 1.56. The van der Waals surface area contributed by atoms with Crippen LogP contribution < -0.4 is 5.32 Å². The van der Waals surface area contributed by atoms with Crippen LogP contribution in [0.4, 0.5) is 0 Å². The lowest BCUT2D eigenvalue weighted by atomic mass is 9.99. The lowest BCUT2D eigenvalue weighted by molar-refractivity contribution is -0.149. The van der Waals surface area contributed by atoms with E-state index in [2.05, 4.69) is 16.4 Å². The highest BCUT2D eigenvalue weighted by molar-refractivity contribution is 8.03. The highest BCUT2D eigenvalue weighted by Crippen LogP contribution is 2.54. The number of H-pyrrole nitrogens is 1. The third-order valence-electron chi connectivity index (χ3n) is 6.07. The first-order valence-electron chi connectivity index (χ1n) is 9.82. The van der Waals surface area contributed by atoms with Gasteiger partial charge in [-0.1, -0.05) is 25.1 Å². The molecule has 0 aliphatic carbocycles. The molecule has 2 aromatic rings. The summed E-state index contributed by atoms with van der Waals surface area (Å²) < 4.78 is -0.492. The number of benzene rings is 1. The first kappa shape index (κ1) is 18.6. The number of piperidine rings is 1. The second-order valence-electron chi connectivity index (χ2n) is 7.78. The summed E-state index contributed by atoms with van der Waals surface area (Å²) in [5.41, 5.74) is 2.22. The summed E-state index contributed by atoms with van der Waals surface area (Å²) in [4.78, 5) is 31.0. The minimum atomic E-state index is -0.492. The van der Waals surface area contributed by atoms with Crippen LogP contribution in [0, 0.1) is 0 Å². The van der Waals surface area contributed by atoms with Gasteiger partial charge >= 0.3 is 0 Å². The average Bonchev–Trinajstić information content (AvgIpc) is 3.18. The Labute approximate surface area is 164 Å². The fourth-order valence-corrected chi connectivity index (χ4v) is 6.17. The molecule has 2 aliphatic heterocycles. The van der Waals surface area contributed by atoms with Crippen LogP contribution in [0.5, 0.6) is 0 Å². The monoisotopic (exact) mass is 385 g/mol. The van der Waals surface area contributed by atoms with Crippen LogP contribution in [0.15, 0.2) is 30.5 Å². The van der Waals surface area contributed by atoms with Crippen LogP contribution in [-0.2, 0) is 16.0 Å². The van der Waals surface area contributed by atoms with E-state index in [4.69, 9.17) is 0 Å². The minimum absolute atomic E-state index is 0.000765. The summed E-state index contributed by atoms with van der Waals surface area (Å²) in [6.07, 6.45) is 5.40. The summed E-state index contributed by atoms with van der Waals surface area (Å²) in [5, 5.41) is 4.52. The van der Waals surface area contributed by atoms with Crippen LogP contribution in [0.3, 0.4) is 0 Å². The number of nitrogens with one attached hydrogen (secondary N) is 2. The van der Waals surface area contributed by atoms with Gasteiger partial charge in [-0.2, -0.15) is 0 Å². The number of hydrogen-bond donors (Lipinski definition) is 2. The molecule has 2 aliphatic rings. The predicted octanol–water partition coefficient (Wildman–Crippen LogP) is 3.45. The van der Waals surface area contributed by atoms with E-state index in [1.807, 2.05) is 38.2 Å². The van der Waals surface area contributed by atoms with E-state index in [0.29, 0.717) is 12.8 Å². The van der Waals surface area contributed by atoms with Crippen molar-refractivity contribution in [3.8, 4) is 0 Å². The van der Waals surface area contributed by atoms with Gasteiger partial charge in [0.15, 0.2) is 0 Å². The van der Waals surface area contributed by atoms with Gasteiger partial charge < -0.3 is 10.3 Å². The van der Waals surface area contributed by atoms with Gasteiger partial charge in [0.2, 0.25) is 11.8 Å². The van der Waals surface area contributed by atoms with Gasteiger partial charge in [-0.15, -0.1) is 11.8 Å². The highest BCUT2D eigenvalue weighted by atomic mass is 32.2. The molecule has 2 amide bonds. The summed E-state index contributed by atoms with van der Waals surface area (Å²) in [7, 11) is 0. The van der Waals surface area contributed by atoms with Crippen molar-refractivity contribution in [2.75, 3.05) is 13.1 Å². The van der Waals surface area contributed by atoms with Crippen LogP contribution in [-0.4, -0.2) is 44.4 Å². The second kappa shape index (κ2) is 6.99. The summed E-state index contributed by atoms with van der Waals surface area (Å²) in [5.74, 6) is -0.0299. The van der Waals surface area contributed by atoms with Crippen LogP contribution in [0.1, 0.15) is 45.1 Å². The quantitative estimate of drug-likeness (QED) is 0.846. The zero-order valence-corrected chi connectivity index (χ0v) is 16.8. The number of aryl methyl sites for hydroxylation is 1. The number of aromatic nitrogens is 1. The highest BCUT2D eigenvalue weighted by Gasteiger charge is 2.59. The zero-order valence-electron chi connectivity index (χ0n) is 16.0. The van der Waals surface area contributed by atoms with Crippen molar-refractivity contribution < 1.29 is 9.59 Å². The van der Waals surface area contributed by atoms with Crippen molar-refractivity contribution in [1.82, 2.24) is 15.2 Å². The van der Waals surface area contributed by atoms with Crippen molar-refractivity contribution in [3.05, 3.63) is 36.0 Å². The van der Waals surface area contributed by atoms with Gasteiger partial charge in [-0.25, -0.2) is 0 Å². The molecule has 3 heterocycles. The lowest BCUT2D eigenvalue weighted by Gasteiger charge is -2.39. The molecule has 27 heavy (non-hydrogen) atoms. The topological polar surface area (TPSA) is 65.2 Å². The van der Waals surface area contributed by atoms with E-state index >= 15 is 0 Å². The molecule has 2 N–H and O–H groups in total. The van der Waals surface area contributed by atoms with E-state index in [1.54, 1.807) is 16.7 Å². The van der Waals surface area contributed by atoms with Crippen molar-refractivity contribution in [3.63, 3.8) is 0 Å². The number of carbonyl (C=O) groups excluding carboxylic acids is 2. The Bertz CT molecular complexity index is 871. The fraction of sp³-hybridized carbons (Fsp3) is 0.524. The van der Waals surface area contributed by atoms with Gasteiger partial charge in [-0.3, -0.25) is 14.5 Å². The van der Waals surface area contributed by atoms with Crippen LogP contribution in [0.25, 0.3) is 10.9 Å². The molecule has 0 saturated carbocycles. The number of hydrogen-bond acceptors (Lipinski definition) is 4. The van der Waals surface area contributed by atoms with Gasteiger partial charge in [0.25, 0.3) is 0 Å². The molecule has 1 aromatic heterocycles. The first-order chi connectivity index (χ1) is 13.0. The molecule has 6 heteroatoms. The van der Waals surface area contributed by atoms with E-state index in [-0.39, 0.29) is 16.7 Å². The fourth-order valence-electron chi connectivity index (χ4n) is 4.33. The smallest absolute Gasteiger partial charge is 0.246 e. The molecule has 1 atom stereocenters. The maximum atomic E-state index is 13.2. The van der Waals surface area contributed by atoms with Crippen LogP contribution in [0.2, 0.25) is 0 Å². The largest absolute Gasteiger partial charge is 0.361 e. The number of imide groups is 1. The Hall–Kier alpha value is -1.79. The number of nitrogens with zero attached hydrogens (tertiary/aromatic N) is 1. The molecule has 1 unspecified atom stereocenters. The number of amides is 2. The zero-order chi connectivity index (χ0) is 19.1. The Morgan fingerprint density at radius 1 is 1.26 bits per heavy atom. The van der Waals surface area contributed by atoms with Crippen molar-refractivity contribution >= 4 is 34.5 Å². The summed E-state index contributed by atoms with van der Waals surface area (Å²) in [6, 6.07) is 8.13.